The summed E-state index contributed by atoms with van der Waals surface area (Å²) in [7, 11) is 1.64. The zero-order valence-electron chi connectivity index (χ0n) is 13.4. The summed E-state index contributed by atoms with van der Waals surface area (Å²) in [6.07, 6.45) is -0.918. The first-order valence-corrected chi connectivity index (χ1v) is 7.54. The molecule has 6 heteroatoms. The second-order valence-electron chi connectivity index (χ2n) is 5.40. The molecule has 1 heterocycles. The van der Waals surface area contributed by atoms with Crippen LogP contribution in [0.2, 0.25) is 0 Å². The zero-order chi connectivity index (χ0) is 17.1. The number of para-hydroxylation sites is 2. The highest BCUT2D eigenvalue weighted by atomic mass is 16.5. The van der Waals surface area contributed by atoms with Crippen molar-refractivity contribution in [3.8, 4) is 0 Å². The molecule has 0 aliphatic rings. The molecule has 6 nitrogen and oxygen atoms in total. The smallest absolute Gasteiger partial charge is 0.360 e. The van der Waals surface area contributed by atoms with Gasteiger partial charge in [0.2, 0.25) is 0 Å². The largest absolute Gasteiger partial charge is 0.448 e. The fourth-order valence-electron chi connectivity index (χ4n) is 2.44. The van der Waals surface area contributed by atoms with Gasteiger partial charge in [0.1, 0.15) is 0 Å². The SMILES string of the molecule is C[C@H](OC(=O)c1n[nH]c2ccccc12)C(=O)N(C)c1ccccc1. The van der Waals surface area contributed by atoms with Crippen LogP contribution in [0.25, 0.3) is 10.9 Å². The number of rotatable bonds is 4. The lowest BCUT2D eigenvalue weighted by Gasteiger charge is -2.21. The Morgan fingerprint density at radius 3 is 2.50 bits per heavy atom. The number of fused-ring (bicyclic) bond motifs is 1. The van der Waals surface area contributed by atoms with Gasteiger partial charge in [0.25, 0.3) is 5.91 Å². The van der Waals surface area contributed by atoms with Crippen molar-refractivity contribution >= 4 is 28.5 Å². The second kappa shape index (κ2) is 6.54. The highest BCUT2D eigenvalue weighted by molar-refractivity contribution is 6.03. The number of aromatic amines is 1. The van der Waals surface area contributed by atoms with Gasteiger partial charge in [-0.1, -0.05) is 36.4 Å². The molecular formula is C18H17N3O3. The van der Waals surface area contributed by atoms with Crippen molar-refractivity contribution in [3.05, 3.63) is 60.3 Å². The Bertz CT molecular complexity index is 873. The number of carbonyl (C=O) groups is 2. The van der Waals surface area contributed by atoms with Crippen LogP contribution in [0.3, 0.4) is 0 Å². The molecule has 0 bridgehead atoms. The molecular weight excluding hydrogens is 306 g/mol. The van der Waals surface area contributed by atoms with E-state index in [4.69, 9.17) is 4.74 Å². The van der Waals surface area contributed by atoms with E-state index in [2.05, 4.69) is 10.2 Å². The van der Waals surface area contributed by atoms with E-state index in [9.17, 15) is 9.59 Å². The number of amides is 1. The summed E-state index contributed by atoms with van der Waals surface area (Å²) in [5, 5.41) is 7.43. The van der Waals surface area contributed by atoms with Crippen molar-refractivity contribution in [3.63, 3.8) is 0 Å². The number of H-pyrrole nitrogens is 1. The quantitative estimate of drug-likeness (QED) is 0.749. The van der Waals surface area contributed by atoms with Gasteiger partial charge in [-0.05, 0) is 25.1 Å². The van der Waals surface area contributed by atoms with Gasteiger partial charge >= 0.3 is 5.97 Å². The van der Waals surface area contributed by atoms with Crippen molar-refractivity contribution in [1.82, 2.24) is 10.2 Å². The maximum Gasteiger partial charge on any atom is 0.360 e. The second-order valence-corrected chi connectivity index (χ2v) is 5.40. The van der Waals surface area contributed by atoms with E-state index in [1.165, 1.54) is 4.90 Å². The summed E-state index contributed by atoms with van der Waals surface area (Å²) in [5.41, 5.74) is 1.65. The van der Waals surface area contributed by atoms with Crippen LogP contribution in [0, 0.1) is 0 Å². The molecule has 1 N–H and O–H groups in total. The summed E-state index contributed by atoms with van der Waals surface area (Å²) >= 11 is 0. The van der Waals surface area contributed by atoms with Gasteiger partial charge in [0, 0.05) is 18.1 Å². The van der Waals surface area contributed by atoms with E-state index >= 15 is 0 Å². The molecule has 0 aliphatic heterocycles. The number of carbonyl (C=O) groups excluding carboxylic acids is 2. The predicted octanol–water partition coefficient (Wildman–Crippen LogP) is 2.77. The fourth-order valence-corrected chi connectivity index (χ4v) is 2.44. The molecule has 0 saturated carbocycles. The van der Waals surface area contributed by atoms with Gasteiger partial charge in [-0.15, -0.1) is 0 Å². The Hall–Kier alpha value is -3.15. The molecule has 1 atom stereocenters. The number of aromatic nitrogens is 2. The minimum absolute atomic E-state index is 0.174. The minimum atomic E-state index is -0.918. The number of nitrogens with one attached hydrogen (secondary N) is 1. The predicted molar refractivity (Wildman–Crippen MR) is 90.8 cm³/mol. The maximum atomic E-state index is 12.4. The molecule has 0 spiro atoms. The van der Waals surface area contributed by atoms with Crippen molar-refractivity contribution in [2.75, 3.05) is 11.9 Å². The van der Waals surface area contributed by atoms with Gasteiger partial charge in [0.15, 0.2) is 11.8 Å². The molecule has 1 amide bonds. The van der Waals surface area contributed by atoms with Gasteiger partial charge in [-0.3, -0.25) is 9.89 Å². The van der Waals surface area contributed by atoms with Gasteiger partial charge in [0.05, 0.1) is 5.52 Å². The van der Waals surface area contributed by atoms with Crippen molar-refractivity contribution in [1.29, 1.82) is 0 Å². The number of hydrogen-bond acceptors (Lipinski definition) is 4. The van der Waals surface area contributed by atoms with Crippen LogP contribution in [-0.2, 0) is 9.53 Å². The number of benzene rings is 2. The maximum absolute atomic E-state index is 12.4. The molecule has 0 saturated heterocycles. The zero-order valence-corrected chi connectivity index (χ0v) is 13.4. The summed E-state index contributed by atoms with van der Waals surface area (Å²) in [6, 6.07) is 16.4. The van der Waals surface area contributed by atoms with Crippen molar-refractivity contribution < 1.29 is 14.3 Å². The van der Waals surface area contributed by atoms with Gasteiger partial charge in [-0.2, -0.15) is 5.10 Å². The third kappa shape index (κ3) is 2.99. The first-order valence-electron chi connectivity index (χ1n) is 7.54. The number of likely N-dealkylation sites (N-methyl/N-ethyl adjacent to an activating group) is 1. The number of ether oxygens (including phenoxy) is 1. The number of anilines is 1. The third-order valence-corrected chi connectivity index (χ3v) is 3.77. The summed E-state index contributed by atoms with van der Waals surface area (Å²) in [6.45, 7) is 1.55. The Morgan fingerprint density at radius 2 is 1.75 bits per heavy atom. The molecule has 122 valence electrons. The standard InChI is InChI=1S/C18H17N3O3/c1-12(17(22)21(2)13-8-4-3-5-9-13)24-18(23)16-14-10-6-7-11-15(14)19-20-16/h3-12H,1-2H3,(H,19,20)/t12-/m0/s1. The summed E-state index contributed by atoms with van der Waals surface area (Å²) < 4.78 is 5.29. The topological polar surface area (TPSA) is 75.3 Å². The van der Waals surface area contributed by atoms with E-state index in [0.29, 0.717) is 5.39 Å². The molecule has 1 aromatic heterocycles. The summed E-state index contributed by atoms with van der Waals surface area (Å²) in [5.74, 6) is -0.941. The van der Waals surface area contributed by atoms with E-state index in [0.717, 1.165) is 11.2 Å². The molecule has 3 rings (SSSR count). The van der Waals surface area contributed by atoms with Gasteiger partial charge < -0.3 is 9.64 Å². The Kier molecular flexibility index (Phi) is 4.29. The van der Waals surface area contributed by atoms with Crippen molar-refractivity contribution in [2.45, 2.75) is 13.0 Å². The highest BCUT2D eigenvalue weighted by Crippen LogP contribution is 2.18. The molecule has 0 fully saturated rings. The number of nitrogens with zero attached hydrogens (tertiary/aromatic N) is 2. The lowest BCUT2D eigenvalue weighted by molar-refractivity contribution is -0.126. The first-order chi connectivity index (χ1) is 11.6. The molecule has 0 radical (unpaired) electrons. The van der Waals surface area contributed by atoms with E-state index < -0.39 is 12.1 Å². The minimum Gasteiger partial charge on any atom is -0.448 e. The van der Waals surface area contributed by atoms with Crippen LogP contribution in [0.4, 0.5) is 5.69 Å². The van der Waals surface area contributed by atoms with Crippen LogP contribution in [-0.4, -0.2) is 35.2 Å². The van der Waals surface area contributed by atoms with Gasteiger partial charge in [-0.25, -0.2) is 4.79 Å². The van der Waals surface area contributed by atoms with Crippen LogP contribution in [0.15, 0.2) is 54.6 Å². The molecule has 0 aliphatic carbocycles. The van der Waals surface area contributed by atoms with E-state index in [1.807, 2.05) is 48.5 Å². The lowest BCUT2D eigenvalue weighted by Crippen LogP contribution is -2.37. The van der Waals surface area contributed by atoms with Crippen LogP contribution >= 0.6 is 0 Å². The Morgan fingerprint density at radius 1 is 1.08 bits per heavy atom. The monoisotopic (exact) mass is 323 g/mol. The average Bonchev–Trinajstić information content (AvgIpc) is 3.05. The Balaban J connectivity index is 1.73. The van der Waals surface area contributed by atoms with E-state index in [1.54, 1.807) is 20.0 Å². The number of esters is 1. The van der Waals surface area contributed by atoms with Crippen LogP contribution < -0.4 is 4.90 Å². The normalized spacial score (nSPS) is 11.9. The summed E-state index contributed by atoms with van der Waals surface area (Å²) in [4.78, 5) is 26.2. The molecule has 3 aromatic rings. The molecule has 2 aromatic carbocycles. The van der Waals surface area contributed by atoms with Crippen LogP contribution in [0.5, 0.6) is 0 Å². The van der Waals surface area contributed by atoms with Crippen LogP contribution in [0.1, 0.15) is 17.4 Å². The Labute approximate surface area is 139 Å². The van der Waals surface area contributed by atoms with Crippen molar-refractivity contribution in [2.24, 2.45) is 0 Å². The lowest BCUT2D eigenvalue weighted by atomic mass is 10.2. The molecule has 0 unspecified atom stereocenters. The number of hydrogen-bond donors (Lipinski definition) is 1. The first kappa shape index (κ1) is 15.7. The molecule has 24 heavy (non-hydrogen) atoms. The van der Waals surface area contributed by atoms with E-state index in [-0.39, 0.29) is 11.6 Å². The highest BCUT2D eigenvalue weighted by Gasteiger charge is 2.25. The average molecular weight is 323 g/mol. The third-order valence-electron chi connectivity index (χ3n) is 3.77. The fraction of sp³-hybridized carbons (Fsp3) is 0.167.